The molecule has 138 valence electrons. The molecule has 3 nitrogen and oxygen atoms in total. The summed E-state index contributed by atoms with van der Waals surface area (Å²) in [6.45, 7) is 8.91. The molecule has 1 aliphatic rings. The molecule has 0 radical (unpaired) electrons. The van der Waals surface area contributed by atoms with Crippen LogP contribution in [0.3, 0.4) is 0 Å². The second-order valence-corrected chi connectivity index (χ2v) is 15.2. The van der Waals surface area contributed by atoms with Gasteiger partial charge in [-0.25, -0.2) is 0 Å². The van der Waals surface area contributed by atoms with Gasteiger partial charge in [0, 0.05) is 0 Å². The summed E-state index contributed by atoms with van der Waals surface area (Å²) in [6.07, 6.45) is 3.51. The van der Waals surface area contributed by atoms with E-state index in [0.717, 1.165) is 11.7 Å². The zero-order chi connectivity index (χ0) is 18.5. The van der Waals surface area contributed by atoms with Crippen molar-refractivity contribution in [3.8, 4) is 0 Å². The molecule has 1 fully saturated rings. The van der Waals surface area contributed by atoms with Gasteiger partial charge in [-0.15, -0.1) is 0 Å². The molecule has 0 unspecified atom stereocenters. The number of hydrogen-bond acceptors (Lipinski definition) is 3. The number of benzene rings is 1. The Bertz CT molecular complexity index is 597. The quantitative estimate of drug-likeness (QED) is 0.539. The number of esters is 1. The molecule has 1 aliphatic carbocycles. The Morgan fingerprint density at radius 3 is 2.64 bits per heavy atom. The summed E-state index contributed by atoms with van der Waals surface area (Å²) in [5, 5.41) is 12.2. The van der Waals surface area contributed by atoms with E-state index in [1.807, 2.05) is 6.07 Å². The summed E-state index contributed by atoms with van der Waals surface area (Å²) in [7, 11) is -1.40. The van der Waals surface area contributed by atoms with Crippen molar-refractivity contribution in [1.29, 1.82) is 0 Å². The van der Waals surface area contributed by atoms with E-state index in [2.05, 4.69) is 55.7 Å². The number of hydrogen-bond donors (Lipinski definition) is 1. The molecule has 0 spiro atoms. The minimum atomic E-state index is -1.40. The molecule has 0 bridgehead atoms. The molecule has 1 aromatic rings. The second-order valence-electron chi connectivity index (χ2n) is 7.82. The molecule has 0 aromatic heterocycles. The topological polar surface area (TPSA) is 46.5 Å². The first-order valence-electron chi connectivity index (χ1n) is 9.03. The van der Waals surface area contributed by atoms with Crippen molar-refractivity contribution in [2.75, 3.05) is 6.61 Å². The van der Waals surface area contributed by atoms with Gasteiger partial charge in [0.1, 0.15) is 0 Å². The van der Waals surface area contributed by atoms with E-state index in [4.69, 9.17) is 4.74 Å². The van der Waals surface area contributed by atoms with Crippen LogP contribution in [0, 0.1) is 11.8 Å². The van der Waals surface area contributed by atoms with Crippen LogP contribution < -0.4 is 4.46 Å². The Morgan fingerprint density at radius 2 is 2.04 bits per heavy atom. The fourth-order valence-corrected chi connectivity index (χ4v) is 6.41. The molecule has 5 heteroatoms. The maximum absolute atomic E-state index is 12.4. The van der Waals surface area contributed by atoms with E-state index >= 15 is 0 Å². The predicted octanol–water partition coefficient (Wildman–Crippen LogP) is 3.19. The van der Waals surface area contributed by atoms with Crippen LogP contribution in [0.4, 0.5) is 0 Å². The number of aliphatic hydroxyl groups is 1. The van der Waals surface area contributed by atoms with Crippen molar-refractivity contribution in [3.05, 3.63) is 42.1 Å². The number of ether oxygens (including phenoxy) is 1. The third-order valence-electron chi connectivity index (χ3n) is 4.60. The average Bonchev–Trinajstić information content (AvgIpc) is 2.89. The van der Waals surface area contributed by atoms with Crippen LogP contribution in [0.25, 0.3) is 0 Å². The average molecular weight is 426 g/mol. The predicted molar refractivity (Wildman–Crippen MR) is 107 cm³/mol. The summed E-state index contributed by atoms with van der Waals surface area (Å²) in [4.78, 5) is 12.4. The third-order valence-corrected chi connectivity index (χ3v) is 8.31. The van der Waals surface area contributed by atoms with Gasteiger partial charge in [0.25, 0.3) is 0 Å². The fraction of sp³-hybridized carbons (Fsp3) is 0.550. The molecule has 0 aliphatic heterocycles. The molecule has 25 heavy (non-hydrogen) atoms. The van der Waals surface area contributed by atoms with E-state index < -0.39 is 19.6 Å². The van der Waals surface area contributed by atoms with E-state index in [9.17, 15) is 9.90 Å². The maximum atomic E-state index is 12.4. The molecule has 0 saturated heterocycles. The fourth-order valence-electron chi connectivity index (χ4n) is 3.25. The molecule has 1 saturated carbocycles. The van der Waals surface area contributed by atoms with Crippen molar-refractivity contribution in [1.82, 2.24) is 0 Å². The number of rotatable bonds is 7. The van der Waals surface area contributed by atoms with Crippen molar-refractivity contribution >= 4 is 33.5 Å². The zero-order valence-electron chi connectivity index (χ0n) is 15.7. The van der Waals surface area contributed by atoms with Gasteiger partial charge in [-0.3, -0.25) is 0 Å². The minimum absolute atomic E-state index is 0.135. The van der Waals surface area contributed by atoms with Crippen LogP contribution in [0.2, 0.25) is 25.0 Å². The number of carbonyl (C=O) groups excluding carboxylic acids is 1. The van der Waals surface area contributed by atoms with E-state index in [-0.39, 0.29) is 5.92 Å². The van der Waals surface area contributed by atoms with Gasteiger partial charge in [-0.05, 0) is 0 Å². The van der Waals surface area contributed by atoms with Crippen LogP contribution in [0.5, 0.6) is 0 Å². The Labute approximate surface area is 159 Å². The second kappa shape index (κ2) is 8.68. The third kappa shape index (κ3) is 5.55. The molecule has 1 aromatic carbocycles. The standard InChI is InChI=1S/C20H30O3SeSi/c1-5-23-19(21)20(22)13-11-16(18(20)12-14-25(2,3)4)15-24-17-9-7-6-8-10-17/h6-10,12,14,16,18,22H,5,11,13,15H2,1-4H3/b14-12+/t16-,18-,20+/m0/s1. The van der Waals surface area contributed by atoms with Crippen LogP contribution in [-0.2, 0) is 9.53 Å². The van der Waals surface area contributed by atoms with Gasteiger partial charge >= 0.3 is 159 Å². The van der Waals surface area contributed by atoms with Crippen LogP contribution in [-0.4, -0.2) is 46.3 Å². The van der Waals surface area contributed by atoms with E-state index in [1.54, 1.807) is 6.92 Å². The van der Waals surface area contributed by atoms with E-state index in [0.29, 0.717) is 33.9 Å². The Morgan fingerprint density at radius 1 is 1.36 bits per heavy atom. The first-order valence-corrected chi connectivity index (χ1v) is 14.7. The monoisotopic (exact) mass is 426 g/mol. The van der Waals surface area contributed by atoms with Crippen molar-refractivity contribution < 1.29 is 14.6 Å². The van der Waals surface area contributed by atoms with Crippen LogP contribution in [0.1, 0.15) is 19.8 Å². The van der Waals surface area contributed by atoms with E-state index in [1.165, 1.54) is 4.46 Å². The molecule has 1 N–H and O–H groups in total. The molecule has 3 atom stereocenters. The summed E-state index contributed by atoms with van der Waals surface area (Å²) in [5.41, 5.74) is 0.902. The number of carbonyl (C=O) groups is 1. The SMILES string of the molecule is CCOC(=O)[C@@]1(O)CC[C@@H](C[Se]c2ccccc2)[C@@H]1/C=C/[Si](C)(C)C. The van der Waals surface area contributed by atoms with Gasteiger partial charge in [0.05, 0.1) is 0 Å². The Balaban J connectivity index is 2.17. The normalized spacial score (nSPS) is 26.9. The first-order chi connectivity index (χ1) is 11.8. The van der Waals surface area contributed by atoms with Gasteiger partial charge in [-0.2, -0.15) is 0 Å². The van der Waals surface area contributed by atoms with Crippen molar-refractivity contribution in [2.45, 2.75) is 50.3 Å². The first kappa shape index (κ1) is 20.4. The molecule has 0 amide bonds. The molecule has 0 heterocycles. The Hall–Kier alpha value is -0.874. The molecular weight excluding hydrogens is 395 g/mol. The summed E-state index contributed by atoms with van der Waals surface area (Å²) in [5.74, 6) is -0.249. The summed E-state index contributed by atoms with van der Waals surface area (Å²) >= 11 is 0.358. The zero-order valence-corrected chi connectivity index (χ0v) is 18.4. The van der Waals surface area contributed by atoms with Gasteiger partial charge in [0.2, 0.25) is 0 Å². The molecule has 2 rings (SSSR count). The summed E-state index contributed by atoms with van der Waals surface area (Å²) < 4.78 is 6.57. The van der Waals surface area contributed by atoms with Crippen LogP contribution in [0.15, 0.2) is 42.1 Å². The van der Waals surface area contributed by atoms with Gasteiger partial charge in [-0.1, -0.05) is 0 Å². The van der Waals surface area contributed by atoms with Gasteiger partial charge in [0.15, 0.2) is 0 Å². The molecular formula is C20H30O3SeSi. The van der Waals surface area contributed by atoms with Crippen molar-refractivity contribution in [2.24, 2.45) is 11.8 Å². The van der Waals surface area contributed by atoms with Crippen LogP contribution >= 0.6 is 0 Å². The summed E-state index contributed by atoms with van der Waals surface area (Å²) in [6, 6.07) is 10.5. The van der Waals surface area contributed by atoms with Crippen molar-refractivity contribution in [3.63, 3.8) is 0 Å². The van der Waals surface area contributed by atoms with Gasteiger partial charge < -0.3 is 0 Å². The Kier molecular flexibility index (Phi) is 7.09.